The van der Waals surface area contributed by atoms with E-state index in [0.717, 1.165) is 22.0 Å². The molecule has 1 unspecified atom stereocenters. The number of piperidine rings is 1. The average Bonchev–Trinajstić information content (AvgIpc) is 3.02. The molecule has 0 spiro atoms. The molecule has 2 fully saturated rings. The van der Waals surface area contributed by atoms with Crippen molar-refractivity contribution in [3.63, 3.8) is 0 Å². The number of aliphatic hydroxyl groups is 2. The van der Waals surface area contributed by atoms with Crippen LogP contribution in [0.1, 0.15) is 44.6 Å². The van der Waals surface area contributed by atoms with E-state index in [4.69, 9.17) is 4.98 Å². The fourth-order valence-electron chi connectivity index (χ4n) is 4.63. The van der Waals surface area contributed by atoms with Crippen LogP contribution in [0, 0.1) is 0 Å². The van der Waals surface area contributed by atoms with Gasteiger partial charge in [0.2, 0.25) is 16.0 Å². The monoisotopic (exact) mass is 549 g/mol. The van der Waals surface area contributed by atoms with Crippen LogP contribution >= 0.6 is 22.6 Å². The van der Waals surface area contributed by atoms with Gasteiger partial charge in [0.25, 0.3) is 0 Å². The molecular weight excluding hydrogens is 521 g/mol. The minimum atomic E-state index is -3.16. The molecule has 1 aliphatic carbocycles. The maximum absolute atomic E-state index is 11.7. The van der Waals surface area contributed by atoms with Gasteiger partial charge in [-0.3, -0.25) is 0 Å². The van der Waals surface area contributed by atoms with Crippen molar-refractivity contribution >= 4 is 50.5 Å². The second-order valence-corrected chi connectivity index (χ2v) is 11.9. The Morgan fingerprint density at radius 3 is 2.60 bits per heavy atom. The molecule has 1 saturated heterocycles. The predicted molar refractivity (Wildman–Crippen MR) is 124 cm³/mol. The smallest absolute Gasteiger partial charge is 0.224 e. The second kappa shape index (κ2) is 8.15. The number of sulfonamides is 1. The van der Waals surface area contributed by atoms with Gasteiger partial charge in [-0.05, 0) is 67.7 Å². The number of rotatable bonds is 4. The number of aromatic nitrogens is 2. The molecule has 1 aromatic heterocycles. The van der Waals surface area contributed by atoms with Crippen molar-refractivity contribution in [1.29, 1.82) is 0 Å². The Kier molecular flexibility index (Phi) is 6.03. The predicted octanol–water partition coefficient (Wildman–Crippen LogP) is 1.53. The Morgan fingerprint density at radius 2 is 2.00 bits per heavy atom. The van der Waals surface area contributed by atoms with Crippen LogP contribution in [0.15, 0.2) is 9.78 Å². The first kappa shape index (κ1) is 22.2. The van der Waals surface area contributed by atoms with Crippen molar-refractivity contribution in [2.24, 2.45) is 0 Å². The molecule has 9 nitrogen and oxygen atoms in total. The van der Waals surface area contributed by atoms with Crippen LogP contribution < -0.4 is 10.2 Å². The number of nitrogens with zero attached hydrogens (tertiary/aromatic N) is 4. The molecule has 3 N–H and O–H groups in total. The van der Waals surface area contributed by atoms with Crippen molar-refractivity contribution in [2.45, 2.75) is 62.9 Å². The molecule has 0 radical (unpaired) electrons. The van der Waals surface area contributed by atoms with E-state index < -0.39 is 21.9 Å². The van der Waals surface area contributed by atoms with Crippen molar-refractivity contribution < 1.29 is 18.6 Å². The first-order chi connectivity index (χ1) is 14.1. The van der Waals surface area contributed by atoms with Gasteiger partial charge in [-0.25, -0.2) is 17.7 Å². The van der Waals surface area contributed by atoms with Gasteiger partial charge >= 0.3 is 0 Å². The summed E-state index contributed by atoms with van der Waals surface area (Å²) >= 11 is 2.12. The van der Waals surface area contributed by atoms with Gasteiger partial charge in [0, 0.05) is 34.5 Å². The van der Waals surface area contributed by atoms with E-state index in [-0.39, 0.29) is 12.1 Å². The Balaban J connectivity index is 1.56. The zero-order valence-corrected chi connectivity index (χ0v) is 20.1. The van der Waals surface area contributed by atoms with Crippen molar-refractivity contribution in [3.8, 4) is 0 Å². The normalized spacial score (nSPS) is 30.8. The number of nitrogens with one attached hydrogen (secondary N) is 1. The van der Waals surface area contributed by atoms with Crippen molar-refractivity contribution in [2.75, 3.05) is 29.6 Å². The van der Waals surface area contributed by atoms with Crippen LogP contribution in [0.25, 0.3) is 6.08 Å². The lowest BCUT2D eigenvalue weighted by Crippen LogP contribution is -2.54. The van der Waals surface area contributed by atoms with E-state index in [1.807, 2.05) is 17.9 Å². The lowest BCUT2D eigenvalue weighted by molar-refractivity contribution is 0.0361. The Hall–Kier alpha value is -1.02. The van der Waals surface area contributed by atoms with Crippen LogP contribution in [-0.4, -0.2) is 76.2 Å². The summed E-state index contributed by atoms with van der Waals surface area (Å²) in [5.41, 5.74) is -0.0892. The van der Waals surface area contributed by atoms with Crippen LogP contribution in [0.2, 0.25) is 0 Å². The van der Waals surface area contributed by atoms with E-state index >= 15 is 0 Å². The van der Waals surface area contributed by atoms with Gasteiger partial charge in [0.05, 0.1) is 17.9 Å². The van der Waals surface area contributed by atoms with Crippen molar-refractivity contribution in [1.82, 2.24) is 14.3 Å². The highest BCUT2D eigenvalue weighted by atomic mass is 127. The molecule has 30 heavy (non-hydrogen) atoms. The average molecular weight is 549 g/mol. The molecule has 11 heteroatoms. The van der Waals surface area contributed by atoms with E-state index in [2.05, 4.69) is 32.9 Å². The second-order valence-electron chi connectivity index (χ2n) is 8.63. The van der Waals surface area contributed by atoms with Gasteiger partial charge in [0.1, 0.15) is 5.82 Å². The van der Waals surface area contributed by atoms with Gasteiger partial charge in [-0.15, -0.1) is 0 Å². The third kappa shape index (κ3) is 4.31. The Labute approximate surface area is 190 Å². The summed E-state index contributed by atoms with van der Waals surface area (Å²) in [7, 11) is -3.16. The van der Waals surface area contributed by atoms with E-state index in [0.29, 0.717) is 44.1 Å². The summed E-state index contributed by atoms with van der Waals surface area (Å²) in [4.78, 5) is 11.0. The van der Waals surface area contributed by atoms with E-state index in [1.165, 1.54) is 10.6 Å². The Morgan fingerprint density at radius 1 is 1.30 bits per heavy atom. The molecule has 0 aromatic carbocycles. The largest absolute Gasteiger partial charge is 0.388 e. The van der Waals surface area contributed by atoms with Crippen LogP contribution in [-0.2, 0) is 10.0 Å². The maximum Gasteiger partial charge on any atom is 0.224 e. The summed E-state index contributed by atoms with van der Waals surface area (Å²) < 4.78 is 25.7. The van der Waals surface area contributed by atoms with Gasteiger partial charge in [0.15, 0.2) is 6.23 Å². The third-order valence-electron chi connectivity index (χ3n) is 6.31. The highest BCUT2D eigenvalue weighted by Gasteiger charge is 2.45. The standard InChI is InChI=1S/C19H28IN5O4S/c1-19(27)7-3-4-15(19)25-16-12(10-14(20)17(25)26)11-21-18(23-16)22-13-5-8-24(9-6-13)30(2,28)29/h10-11,13,15,17,26-27H,3-9H2,1-2H3,(H,21,22,23)/t15-,17?,19-/m1/s1. The highest BCUT2D eigenvalue weighted by molar-refractivity contribution is 14.1. The first-order valence-electron chi connectivity index (χ1n) is 10.2. The maximum atomic E-state index is 11.7. The molecule has 166 valence electrons. The molecule has 1 saturated carbocycles. The minimum Gasteiger partial charge on any atom is -0.388 e. The Bertz CT molecular complexity index is 946. The fourth-order valence-corrected chi connectivity index (χ4v) is 6.14. The first-order valence-corrected chi connectivity index (χ1v) is 13.1. The number of hydrogen-bond acceptors (Lipinski definition) is 8. The molecule has 4 rings (SSSR count). The SMILES string of the molecule is C[C@@]1(O)CCC[C@H]1N1c2nc(NC3CCN(S(C)(=O)=O)CC3)ncc2C=C(I)C1O. The summed E-state index contributed by atoms with van der Waals surface area (Å²) in [6.45, 7) is 2.76. The molecule has 1 aromatic rings. The number of hydrogen-bond donors (Lipinski definition) is 3. The number of halogens is 1. The number of aliphatic hydroxyl groups excluding tert-OH is 1. The van der Waals surface area contributed by atoms with Crippen LogP contribution in [0.3, 0.4) is 0 Å². The molecule has 2 aliphatic heterocycles. The minimum absolute atomic E-state index is 0.0771. The zero-order valence-electron chi connectivity index (χ0n) is 17.1. The summed E-state index contributed by atoms with van der Waals surface area (Å²) in [5.74, 6) is 1.06. The third-order valence-corrected chi connectivity index (χ3v) is 8.49. The summed E-state index contributed by atoms with van der Waals surface area (Å²) in [6.07, 6.45) is 7.70. The summed E-state index contributed by atoms with van der Waals surface area (Å²) in [6, 6.07) is -0.154. The quantitative estimate of drug-likeness (QED) is 0.484. The molecule has 0 bridgehead atoms. The topological polar surface area (TPSA) is 119 Å². The van der Waals surface area contributed by atoms with Crippen LogP contribution in [0.4, 0.5) is 11.8 Å². The van der Waals surface area contributed by atoms with E-state index in [1.54, 1.807) is 6.20 Å². The van der Waals surface area contributed by atoms with Crippen LogP contribution in [0.5, 0.6) is 0 Å². The van der Waals surface area contributed by atoms with E-state index in [9.17, 15) is 18.6 Å². The molecule has 3 heterocycles. The molecule has 3 atom stereocenters. The van der Waals surface area contributed by atoms with Gasteiger partial charge in [-0.1, -0.05) is 0 Å². The fraction of sp³-hybridized carbons (Fsp3) is 0.684. The molecule has 3 aliphatic rings. The molecule has 0 amide bonds. The van der Waals surface area contributed by atoms with Gasteiger partial charge < -0.3 is 20.4 Å². The molecular formula is C19H28IN5O4S. The zero-order chi connectivity index (χ0) is 21.7. The number of fused-ring (bicyclic) bond motifs is 1. The highest BCUT2D eigenvalue weighted by Crippen LogP contribution is 2.42. The van der Waals surface area contributed by atoms with Crippen molar-refractivity contribution in [3.05, 3.63) is 15.3 Å². The number of anilines is 2. The lowest BCUT2D eigenvalue weighted by atomic mass is 9.97. The summed E-state index contributed by atoms with van der Waals surface area (Å²) in [5, 5.41) is 25.1. The van der Waals surface area contributed by atoms with Gasteiger partial charge in [-0.2, -0.15) is 4.98 Å². The lowest BCUT2D eigenvalue weighted by Gasteiger charge is -2.42.